The maximum absolute atomic E-state index is 14.4. The summed E-state index contributed by atoms with van der Waals surface area (Å²) < 4.78 is 24.6. The Morgan fingerprint density at radius 2 is 1.75 bits per heavy atom. The number of aliphatic hydroxyl groups is 2. The fourth-order valence-corrected chi connectivity index (χ4v) is 9.15. The van der Waals surface area contributed by atoms with Crippen LogP contribution in [0.25, 0.3) is 0 Å². The summed E-state index contributed by atoms with van der Waals surface area (Å²) in [4.78, 5) is 44.1. The van der Waals surface area contributed by atoms with Crippen molar-refractivity contribution in [3.05, 3.63) is 48.1 Å². The number of esters is 1. The van der Waals surface area contributed by atoms with E-state index in [4.69, 9.17) is 24.0 Å². The molecule has 0 spiro atoms. The van der Waals surface area contributed by atoms with Gasteiger partial charge >= 0.3 is 5.97 Å². The summed E-state index contributed by atoms with van der Waals surface area (Å²) >= 11 is 0. The molecule has 320 valence electrons. The van der Waals surface area contributed by atoms with Crippen molar-refractivity contribution in [3.8, 4) is 0 Å². The molecule has 0 aromatic heterocycles. The molecule has 0 unspecified atom stereocenters. The first-order valence-corrected chi connectivity index (χ1v) is 21.3. The van der Waals surface area contributed by atoms with Crippen LogP contribution in [0.5, 0.6) is 0 Å². The van der Waals surface area contributed by atoms with Crippen LogP contribution < -0.4 is 5.43 Å². The molecule has 4 rings (SSSR count). The molecular formula is C45H71N3O9. The largest absolute Gasteiger partial charge is 0.456 e. The zero-order chi connectivity index (χ0) is 41.9. The molecule has 2 saturated heterocycles. The zero-order valence-electron chi connectivity index (χ0n) is 35.8. The highest BCUT2D eigenvalue weighted by molar-refractivity contribution is 6.39. The number of rotatable bonds is 8. The van der Waals surface area contributed by atoms with Crippen molar-refractivity contribution in [1.29, 1.82) is 0 Å². The standard InChI is InChI=1S/C45H71N3O9/c1-10-14-34-24-28(3)23-29(4)25-38(54-8)41-39(55-9)27-32(7)45(53,57-41)42(50)43(51)48-22-13-12-15-37(48)44(52)56-40(30(5)16-21-36(34)47-46-11-2)31(6)26-33-17-19-35(49)20-18-33/h10,16,21,24,26,29-30,32-35,37-41,46,49,53H,1,11-15,17-20,22-23,25,27H2,2-9H3/b21-16+,28-24+,31-26+,47-36-/t29-,30+,32+,33-,34+,35-,37-,38-,39-,40-,41+,45+/m0/s1. The number of carbonyl (C=O) groups is 3. The number of ketones is 1. The molecule has 10 atom stereocenters. The number of amides is 1. The Kier molecular flexibility index (Phi) is 17.7. The average molecular weight is 798 g/mol. The SMILES string of the molecule is C=CC[C@@H]1/C=C(\C)C[C@H](C)C[C@H](OC)[C@H]2O[C@@](O)(C(=O)C(=O)N3CCCC[C@H]3C(=O)O[C@H](/C(C)=C/[C@H]3CC[C@H](O)CC3)[C@H](C)/C=C/C1=N/NCC)[C@H](C)C[C@@H]2OC. The lowest BCUT2D eigenvalue weighted by Gasteiger charge is -2.47. The number of nitrogens with one attached hydrogen (secondary N) is 1. The first-order valence-electron chi connectivity index (χ1n) is 21.3. The predicted molar refractivity (Wildman–Crippen MR) is 221 cm³/mol. The van der Waals surface area contributed by atoms with Gasteiger partial charge in [0, 0.05) is 45.1 Å². The van der Waals surface area contributed by atoms with E-state index >= 15 is 0 Å². The topological polar surface area (TPSA) is 156 Å². The number of carbonyl (C=O) groups excluding carboxylic acids is 3. The maximum atomic E-state index is 14.4. The Balaban J connectivity index is 1.82. The summed E-state index contributed by atoms with van der Waals surface area (Å²) in [7, 11) is 3.14. The summed E-state index contributed by atoms with van der Waals surface area (Å²) in [6.07, 6.45) is 14.3. The molecule has 57 heavy (non-hydrogen) atoms. The van der Waals surface area contributed by atoms with Gasteiger partial charge in [0.15, 0.2) is 0 Å². The van der Waals surface area contributed by atoms with Crippen LogP contribution in [0.15, 0.2) is 53.2 Å². The van der Waals surface area contributed by atoms with E-state index < -0.39 is 59.8 Å². The lowest BCUT2D eigenvalue weighted by atomic mass is 9.82. The van der Waals surface area contributed by atoms with Gasteiger partial charge in [0.05, 0.1) is 24.0 Å². The number of Topliss-reactive ketones (excluding diaryl/α,β-unsaturated/α-hetero) is 1. The molecule has 1 saturated carbocycles. The van der Waals surface area contributed by atoms with Crippen molar-refractivity contribution in [3.63, 3.8) is 0 Å². The first-order chi connectivity index (χ1) is 27.2. The fourth-order valence-electron chi connectivity index (χ4n) is 9.15. The maximum Gasteiger partial charge on any atom is 0.329 e. The minimum absolute atomic E-state index is 0.0836. The van der Waals surface area contributed by atoms with Crippen LogP contribution in [0.1, 0.15) is 112 Å². The van der Waals surface area contributed by atoms with Gasteiger partial charge in [-0.05, 0) is 115 Å². The highest BCUT2D eigenvalue weighted by atomic mass is 16.7. The van der Waals surface area contributed by atoms with E-state index in [1.165, 1.54) is 4.90 Å². The van der Waals surface area contributed by atoms with Gasteiger partial charge in [-0.25, -0.2) is 4.79 Å². The van der Waals surface area contributed by atoms with Crippen molar-refractivity contribution in [2.24, 2.45) is 34.7 Å². The van der Waals surface area contributed by atoms with Gasteiger partial charge in [-0.1, -0.05) is 50.6 Å². The minimum Gasteiger partial charge on any atom is -0.456 e. The second-order valence-electron chi connectivity index (χ2n) is 17.1. The van der Waals surface area contributed by atoms with Crippen molar-refractivity contribution < 1.29 is 43.5 Å². The molecule has 3 aliphatic heterocycles. The molecule has 3 fully saturated rings. The van der Waals surface area contributed by atoms with E-state index in [-0.39, 0.29) is 42.7 Å². The number of ether oxygens (including phenoxy) is 4. The quantitative estimate of drug-likeness (QED) is 0.112. The molecule has 2 bridgehead atoms. The highest BCUT2D eigenvalue weighted by Gasteiger charge is 2.56. The summed E-state index contributed by atoms with van der Waals surface area (Å²) in [5.74, 6) is -5.94. The number of aliphatic hydroxyl groups excluding tert-OH is 1. The number of hydrogen-bond acceptors (Lipinski definition) is 11. The molecule has 0 radical (unpaired) electrons. The summed E-state index contributed by atoms with van der Waals surface area (Å²) in [6, 6.07) is -1.02. The molecule has 3 heterocycles. The zero-order valence-corrected chi connectivity index (χ0v) is 35.8. The molecule has 1 amide bonds. The highest BCUT2D eigenvalue weighted by Crippen LogP contribution is 2.39. The van der Waals surface area contributed by atoms with Gasteiger partial charge in [-0.3, -0.25) is 9.59 Å². The van der Waals surface area contributed by atoms with Crippen molar-refractivity contribution in [2.75, 3.05) is 27.3 Å². The van der Waals surface area contributed by atoms with Crippen LogP contribution >= 0.6 is 0 Å². The Morgan fingerprint density at radius 1 is 1.07 bits per heavy atom. The van der Waals surface area contributed by atoms with Gasteiger partial charge in [-0.15, -0.1) is 6.58 Å². The van der Waals surface area contributed by atoms with Crippen LogP contribution in [0.4, 0.5) is 0 Å². The Hall–Kier alpha value is -3.16. The van der Waals surface area contributed by atoms with Crippen LogP contribution in [-0.2, 0) is 33.3 Å². The number of nitrogens with zero attached hydrogens (tertiary/aromatic N) is 2. The second-order valence-corrected chi connectivity index (χ2v) is 17.1. The van der Waals surface area contributed by atoms with E-state index in [2.05, 4.69) is 38.0 Å². The number of hydrazone groups is 1. The molecule has 12 heteroatoms. The van der Waals surface area contributed by atoms with Gasteiger partial charge in [0.25, 0.3) is 11.7 Å². The molecule has 0 aromatic rings. The number of methoxy groups -OCH3 is 2. The molecule has 3 N–H and O–H groups in total. The van der Waals surface area contributed by atoms with Crippen molar-refractivity contribution in [1.82, 2.24) is 10.3 Å². The second kappa shape index (κ2) is 21.7. The van der Waals surface area contributed by atoms with Crippen LogP contribution in [0, 0.1) is 29.6 Å². The van der Waals surface area contributed by atoms with Crippen LogP contribution in [-0.4, -0.2) is 108 Å². The number of cyclic esters (lactones) is 1. The van der Waals surface area contributed by atoms with Gasteiger partial charge in [-0.2, -0.15) is 5.10 Å². The number of hydrogen-bond donors (Lipinski definition) is 3. The third kappa shape index (κ3) is 12.0. The lowest BCUT2D eigenvalue weighted by Crippen LogP contribution is -2.64. The average Bonchev–Trinajstić information content (AvgIpc) is 3.19. The van der Waals surface area contributed by atoms with E-state index in [9.17, 15) is 24.6 Å². The Bertz CT molecular complexity index is 1500. The minimum atomic E-state index is -2.45. The summed E-state index contributed by atoms with van der Waals surface area (Å²) in [6.45, 7) is 16.7. The van der Waals surface area contributed by atoms with Crippen LogP contribution in [0.2, 0.25) is 0 Å². The van der Waals surface area contributed by atoms with E-state index in [1.807, 2.05) is 39.0 Å². The number of allylic oxidation sites excluding steroid dienone is 5. The summed E-state index contributed by atoms with van der Waals surface area (Å²) in [5.41, 5.74) is 6.00. The lowest BCUT2D eigenvalue weighted by molar-refractivity contribution is -0.302. The van der Waals surface area contributed by atoms with E-state index in [0.29, 0.717) is 38.6 Å². The Labute approximate surface area is 341 Å². The fraction of sp³-hybridized carbons (Fsp3) is 0.733. The molecular weight excluding hydrogens is 727 g/mol. The molecule has 1 aliphatic carbocycles. The first kappa shape index (κ1) is 46.5. The van der Waals surface area contributed by atoms with Crippen molar-refractivity contribution in [2.45, 2.75) is 155 Å². The molecule has 12 nitrogen and oxygen atoms in total. The monoisotopic (exact) mass is 798 g/mol. The molecule has 0 aromatic carbocycles. The third-order valence-electron chi connectivity index (χ3n) is 12.4. The predicted octanol–water partition coefficient (Wildman–Crippen LogP) is 6.22. The van der Waals surface area contributed by atoms with E-state index in [0.717, 1.165) is 49.0 Å². The number of piperidine rings is 1. The molecule has 4 aliphatic rings. The Morgan fingerprint density at radius 3 is 2.40 bits per heavy atom. The van der Waals surface area contributed by atoms with Gasteiger partial charge in [0.1, 0.15) is 18.2 Å². The van der Waals surface area contributed by atoms with E-state index in [1.54, 1.807) is 21.1 Å². The van der Waals surface area contributed by atoms with Gasteiger partial charge < -0.3 is 39.5 Å². The van der Waals surface area contributed by atoms with Gasteiger partial charge in [0.2, 0.25) is 5.79 Å². The smallest absolute Gasteiger partial charge is 0.329 e. The number of fused-ring (bicyclic) bond motifs is 3. The third-order valence-corrected chi connectivity index (χ3v) is 12.4. The van der Waals surface area contributed by atoms with Crippen molar-refractivity contribution >= 4 is 23.4 Å². The summed E-state index contributed by atoms with van der Waals surface area (Å²) in [5, 5.41) is 27.0. The van der Waals surface area contributed by atoms with Crippen LogP contribution in [0.3, 0.4) is 0 Å². The normalized spacial score (nSPS) is 39.3.